The Kier molecular flexibility index (Phi) is 4.17. The lowest BCUT2D eigenvalue weighted by atomic mass is 10.1. The van der Waals surface area contributed by atoms with Crippen LogP contribution in [-0.4, -0.2) is 29.1 Å². The molecule has 0 aliphatic heterocycles. The van der Waals surface area contributed by atoms with Gasteiger partial charge in [0, 0.05) is 24.7 Å². The van der Waals surface area contributed by atoms with Gasteiger partial charge in [-0.2, -0.15) is 0 Å². The van der Waals surface area contributed by atoms with Gasteiger partial charge in [0.1, 0.15) is 28.8 Å². The van der Waals surface area contributed by atoms with Crippen molar-refractivity contribution in [2.24, 2.45) is 0 Å². The van der Waals surface area contributed by atoms with E-state index in [2.05, 4.69) is 34.1 Å². The summed E-state index contributed by atoms with van der Waals surface area (Å²) in [7, 11) is 3.50. The van der Waals surface area contributed by atoms with Gasteiger partial charge in [0.05, 0.1) is 7.11 Å². The molecule has 1 N–H and O–H groups in total. The maximum absolute atomic E-state index is 5.39. The highest BCUT2D eigenvalue weighted by molar-refractivity contribution is 5.70. The molecular formula is C15H20N4O. The minimum atomic E-state index is 0.246. The summed E-state index contributed by atoms with van der Waals surface area (Å²) in [6, 6.07) is 3.74. The molecule has 5 nitrogen and oxygen atoms in total. The van der Waals surface area contributed by atoms with Gasteiger partial charge in [-0.05, 0) is 19.1 Å². The van der Waals surface area contributed by atoms with Crippen LogP contribution in [0.5, 0.6) is 5.75 Å². The van der Waals surface area contributed by atoms with Crippen molar-refractivity contribution in [3.8, 4) is 17.1 Å². The minimum absolute atomic E-state index is 0.246. The molecule has 0 unspecified atom stereocenters. The third-order valence-corrected chi connectivity index (χ3v) is 3.13. The zero-order chi connectivity index (χ0) is 14.7. The smallest absolute Gasteiger partial charge is 0.146 e. The summed E-state index contributed by atoms with van der Waals surface area (Å²) >= 11 is 0. The molecule has 2 rings (SSSR count). The van der Waals surface area contributed by atoms with Crippen molar-refractivity contribution in [1.29, 1.82) is 0 Å². The maximum Gasteiger partial charge on any atom is 0.146 e. The standard InChI is InChI=1S/C15H20N4O/c1-9(2)14-18-12(10(3)15(16-4)19-14)13-11(20-5)7-6-8-17-13/h6-9H,1-5H3,(H,16,18,19). The van der Waals surface area contributed by atoms with Crippen LogP contribution in [0.15, 0.2) is 18.3 Å². The molecular weight excluding hydrogens is 252 g/mol. The first-order chi connectivity index (χ1) is 9.58. The van der Waals surface area contributed by atoms with Crippen LogP contribution in [0, 0.1) is 6.92 Å². The molecule has 0 radical (unpaired) electrons. The summed E-state index contributed by atoms with van der Waals surface area (Å²) < 4.78 is 5.39. The molecule has 0 saturated carbocycles. The number of ether oxygens (including phenoxy) is 1. The molecule has 0 fully saturated rings. The Bertz CT molecular complexity index is 611. The Morgan fingerprint density at radius 3 is 2.55 bits per heavy atom. The van der Waals surface area contributed by atoms with Crippen LogP contribution < -0.4 is 10.1 Å². The van der Waals surface area contributed by atoms with Crippen LogP contribution in [0.1, 0.15) is 31.2 Å². The highest BCUT2D eigenvalue weighted by Crippen LogP contribution is 2.31. The lowest BCUT2D eigenvalue weighted by Crippen LogP contribution is -2.07. The quantitative estimate of drug-likeness (QED) is 0.927. The number of nitrogens with one attached hydrogen (secondary N) is 1. The maximum atomic E-state index is 5.39. The lowest BCUT2D eigenvalue weighted by Gasteiger charge is -2.15. The van der Waals surface area contributed by atoms with Gasteiger partial charge >= 0.3 is 0 Å². The van der Waals surface area contributed by atoms with E-state index in [1.165, 1.54) is 0 Å². The van der Waals surface area contributed by atoms with Gasteiger partial charge in [-0.15, -0.1) is 0 Å². The van der Waals surface area contributed by atoms with Gasteiger partial charge in [0.25, 0.3) is 0 Å². The second-order valence-electron chi connectivity index (χ2n) is 4.86. The van der Waals surface area contributed by atoms with E-state index in [9.17, 15) is 0 Å². The Morgan fingerprint density at radius 1 is 1.20 bits per heavy atom. The molecule has 0 saturated heterocycles. The summed E-state index contributed by atoms with van der Waals surface area (Å²) in [6.45, 7) is 6.13. The molecule has 0 aromatic carbocycles. The number of hydrogen-bond acceptors (Lipinski definition) is 5. The van der Waals surface area contributed by atoms with Crippen molar-refractivity contribution in [2.75, 3.05) is 19.5 Å². The Labute approximate surface area is 119 Å². The molecule has 5 heteroatoms. The zero-order valence-electron chi connectivity index (χ0n) is 12.6. The molecule has 0 atom stereocenters. The Morgan fingerprint density at radius 2 is 1.95 bits per heavy atom. The van der Waals surface area contributed by atoms with Gasteiger partial charge in [-0.25, -0.2) is 9.97 Å². The van der Waals surface area contributed by atoms with Crippen molar-refractivity contribution >= 4 is 5.82 Å². The SMILES string of the molecule is CNc1nc(C(C)C)nc(-c2ncccc2OC)c1C. The highest BCUT2D eigenvalue weighted by Gasteiger charge is 2.17. The number of hydrogen-bond donors (Lipinski definition) is 1. The zero-order valence-corrected chi connectivity index (χ0v) is 12.6. The van der Waals surface area contributed by atoms with Crippen LogP contribution in [0.3, 0.4) is 0 Å². The molecule has 0 aliphatic carbocycles. The molecule has 2 heterocycles. The first-order valence-corrected chi connectivity index (χ1v) is 6.64. The second-order valence-corrected chi connectivity index (χ2v) is 4.86. The van der Waals surface area contributed by atoms with Crippen LogP contribution in [-0.2, 0) is 0 Å². The van der Waals surface area contributed by atoms with E-state index in [0.717, 1.165) is 28.6 Å². The molecule has 20 heavy (non-hydrogen) atoms. The molecule has 0 aliphatic rings. The van der Waals surface area contributed by atoms with Crippen molar-refractivity contribution in [3.63, 3.8) is 0 Å². The van der Waals surface area contributed by atoms with Gasteiger partial charge in [-0.3, -0.25) is 4.98 Å². The van der Waals surface area contributed by atoms with Crippen LogP contribution in [0.25, 0.3) is 11.4 Å². The second kappa shape index (κ2) is 5.86. The molecule has 2 aromatic heterocycles. The fourth-order valence-electron chi connectivity index (χ4n) is 2.00. The number of anilines is 1. The summed E-state index contributed by atoms with van der Waals surface area (Å²) in [6.07, 6.45) is 1.74. The number of rotatable bonds is 4. The average molecular weight is 272 g/mol. The number of methoxy groups -OCH3 is 1. The van der Waals surface area contributed by atoms with E-state index in [1.807, 2.05) is 26.1 Å². The van der Waals surface area contributed by atoms with E-state index >= 15 is 0 Å². The normalized spacial score (nSPS) is 10.7. The number of pyridine rings is 1. The van der Waals surface area contributed by atoms with Crippen LogP contribution in [0.2, 0.25) is 0 Å². The van der Waals surface area contributed by atoms with Crippen LogP contribution in [0.4, 0.5) is 5.82 Å². The van der Waals surface area contributed by atoms with Crippen molar-refractivity contribution in [3.05, 3.63) is 29.7 Å². The van der Waals surface area contributed by atoms with E-state index < -0.39 is 0 Å². The Hall–Kier alpha value is -2.17. The van der Waals surface area contributed by atoms with Crippen molar-refractivity contribution in [2.45, 2.75) is 26.7 Å². The highest BCUT2D eigenvalue weighted by atomic mass is 16.5. The van der Waals surface area contributed by atoms with Gasteiger partial charge in [-0.1, -0.05) is 13.8 Å². The summed E-state index contributed by atoms with van der Waals surface area (Å²) in [5, 5.41) is 3.12. The first-order valence-electron chi connectivity index (χ1n) is 6.64. The fraction of sp³-hybridized carbons (Fsp3) is 0.400. The molecule has 106 valence electrons. The van der Waals surface area contributed by atoms with E-state index in [4.69, 9.17) is 4.74 Å². The van der Waals surface area contributed by atoms with Gasteiger partial charge < -0.3 is 10.1 Å². The monoisotopic (exact) mass is 272 g/mol. The van der Waals surface area contributed by atoms with E-state index in [1.54, 1.807) is 13.3 Å². The fourth-order valence-corrected chi connectivity index (χ4v) is 2.00. The third kappa shape index (κ3) is 2.57. The van der Waals surface area contributed by atoms with E-state index in [-0.39, 0.29) is 5.92 Å². The summed E-state index contributed by atoms with van der Waals surface area (Å²) in [5.41, 5.74) is 2.52. The first kappa shape index (κ1) is 14.2. The number of aromatic nitrogens is 3. The predicted octanol–water partition coefficient (Wildman–Crippen LogP) is 3.02. The molecule has 2 aromatic rings. The van der Waals surface area contributed by atoms with E-state index in [0.29, 0.717) is 5.75 Å². The molecule has 0 spiro atoms. The van der Waals surface area contributed by atoms with Gasteiger partial charge in [0.15, 0.2) is 0 Å². The number of nitrogens with zero attached hydrogens (tertiary/aromatic N) is 3. The summed E-state index contributed by atoms with van der Waals surface area (Å²) in [4.78, 5) is 13.6. The predicted molar refractivity (Wildman–Crippen MR) is 80.2 cm³/mol. The van der Waals surface area contributed by atoms with Crippen LogP contribution >= 0.6 is 0 Å². The topological polar surface area (TPSA) is 59.9 Å². The largest absolute Gasteiger partial charge is 0.494 e. The average Bonchev–Trinajstić information content (AvgIpc) is 2.47. The van der Waals surface area contributed by atoms with Gasteiger partial charge in [0.2, 0.25) is 0 Å². The minimum Gasteiger partial charge on any atom is -0.494 e. The summed E-state index contributed by atoms with van der Waals surface area (Å²) in [5.74, 6) is 2.58. The van der Waals surface area contributed by atoms with Crippen molar-refractivity contribution < 1.29 is 4.74 Å². The molecule has 0 bridgehead atoms. The Balaban J connectivity index is 2.69. The third-order valence-electron chi connectivity index (χ3n) is 3.13. The van der Waals surface area contributed by atoms with Crippen molar-refractivity contribution in [1.82, 2.24) is 15.0 Å². The lowest BCUT2D eigenvalue weighted by molar-refractivity contribution is 0.414. The molecule has 0 amide bonds.